The molecule has 0 heterocycles. The molecule has 0 aromatic heterocycles. The van der Waals surface area contributed by atoms with Crippen molar-refractivity contribution in [2.45, 2.75) is 11.8 Å². The van der Waals surface area contributed by atoms with Crippen LogP contribution in [0.5, 0.6) is 0 Å². The van der Waals surface area contributed by atoms with Crippen LogP contribution in [0.15, 0.2) is 34.3 Å². The lowest BCUT2D eigenvalue weighted by Gasteiger charge is -1.95. The zero-order chi connectivity index (χ0) is 11.1. The Morgan fingerprint density at radius 3 is 2.73 bits per heavy atom. The smallest absolute Gasteiger partial charge is 0.174 e. The van der Waals surface area contributed by atoms with Crippen LogP contribution >= 0.6 is 12.1 Å². The molecule has 3 nitrogen and oxygen atoms in total. The molecule has 0 unspecified atom stereocenters. The third-order valence-corrected chi connectivity index (χ3v) is 1.96. The molecule has 15 heavy (non-hydrogen) atoms. The number of benzene rings is 1. The quantitative estimate of drug-likeness (QED) is 0.573. The van der Waals surface area contributed by atoms with Crippen molar-refractivity contribution in [3.05, 3.63) is 29.8 Å². The predicted molar refractivity (Wildman–Crippen MR) is 57.6 cm³/mol. The van der Waals surface area contributed by atoms with E-state index in [4.69, 9.17) is 4.84 Å². The molecule has 1 aromatic carbocycles. The summed E-state index contributed by atoms with van der Waals surface area (Å²) in [5, 5.41) is 3.59. The Balaban J connectivity index is 2.46. The van der Waals surface area contributed by atoms with Gasteiger partial charge < -0.3 is 4.84 Å². The first-order chi connectivity index (χ1) is 7.22. The minimum Gasteiger partial charge on any atom is -0.388 e. The van der Waals surface area contributed by atoms with E-state index in [2.05, 4.69) is 5.16 Å². The average molecular weight is 227 g/mol. The SMILES string of the molecule is CC(=O)CO/N=C/c1ccc(SF)cc1. The van der Waals surface area contributed by atoms with E-state index in [0.29, 0.717) is 4.90 Å². The Morgan fingerprint density at radius 1 is 1.53 bits per heavy atom. The third kappa shape index (κ3) is 4.60. The Labute approximate surface area is 91.6 Å². The second-order valence-corrected chi connectivity index (χ2v) is 3.48. The molecule has 5 heteroatoms. The van der Waals surface area contributed by atoms with Crippen LogP contribution in [-0.2, 0) is 9.63 Å². The highest BCUT2D eigenvalue weighted by Gasteiger charge is 1.93. The average Bonchev–Trinajstić information content (AvgIpc) is 2.25. The van der Waals surface area contributed by atoms with Gasteiger partial charge in [0.15, 0.2) is 12.4 Å². The van der Waals surface area contributed by atoms with Gasteiger partial charge in [-0.05, 0) is 24.6 Å². The monoisotopic (exact) mass is 227 g/mol. The van der Waals surface area contributed by atoms with E-state index in [9.17, 15) is 8.68 Å². The van der Waals surface area contributed by atoms with Gasteiger partial charge in [0.2, 0.25) is 0 Å². The lowest BCUT2D eigenvalue weighted by atomic mass is 10.2. The number of rotatable bonds is 5. The Morgan fingerprint density at radius 2 is 2.20 bits per heavy atom. The summed E-state index contributed by atoms with van der Waals surface area (Å²) in [6.07, 6.45) is 1.47. The van der Waals surface area contributed by atoms with Crippen LogP contribution in [0.25, 0.3) is 0 Å². The molecule has 0 N–H and O–H groups in total. The summed E-state index contributed by atoms with van der Waals surface area (Å²) in [7, 11) is 0. The Bertz CT molecular complexity index is 351. The van der Waals surface area contributed by atoms with E-state index in [0.717, 1.165) is 5.56 Å². The van der Waals surface area contributed by atoms with Crippen molar-refractivity contribution < 1.29 is 13.5 Å². The molecule has 0 spiro atoms. The molecule has 0 bridgehead atoms. The van der Waals surface area contributed by atoms with Gasteiger partial charge in [0, 0.05) is 4.90 Å². The number of hydrogen-bond acceptors (Lipinski definition) is 4. The number of carbonyl (C=O) groups is 1. The molecule has 0 aliphatic carbocycles. The van der Waals surface area contributed by atoms with Crippen molar-refractivity contribution in [1.29, 1.82) is 0 Å². The fourth-order valence-corrected chi connectivity index (χ4v) is 1.07. The molecule has 0 radical (unpaired) electrons. The van der Waals surface area contributed by atoms with Gasteiger partial charge in [-0.25, -0.2) is 0 Å². The van der Waals surface area contributed by atoms with E-state index in [1.807, 2.05) is 0 Å². The lowest BCUT2D eigenvalue weighted by molar-refractivity contribution is -0.121. The van der Waals surface area contributed by atoms with Gasteiger partial charge in [-0.3, -0.25) is 4.79 Å². The first-order valence-corrected chi connectivity index (χ1v) is 4.97. The summed E-state index contributed by atoms with van der Waals surface area (Å²) in [5.41, 5.74) is 0.788. The number of Topliss-reactive ketones (excluding diaryl/α,β-unsaturated/α-hetero) is 1. The molecule has 1 rings (SSSR count). The van der Waals surface area contributed by atoms with Gasteiger partial charge in [0.05, 0.1) is 18.4 Å². The van der Waals surface area contributed by atoms with E-state index in [-0.39, 0.29) is 24.5 Å². The van der Waals surface area contributed by atoms with Gasteiger partial charge >= 0.3 is 0 Å². The van der Waals surface area contributed by atoms with Crippen LogP contribution in [0.3, 0.4) is 0 Å². The molecular formula is C10H10FNO2S. The zero-order valence-corrected chi connectivity index (χ0v) is 8.96. The lowest BCUT2D eigenvalue weighted by Crippen LogP contribution is -1.99. The molecular weight excluding hydrogens is 217 g/mol. The molecule has 80 valence electrons. The summed E-state index contributed by atoms with van der Waals surface area (Å²) in [6.45, 7) is 1.39. The van der Waals surface area contributed by atoms with Gasteiger partial charge in [-0.2, -0.15) is 3.89 Å². The summed E-state index contributed by atoms with van der Waals surface area (Å²) < 4.78 is 12.1. The number of ketones is 1. The first-order valence-electron chi connectivity index (χ1n) is 4.26. The fourth-order valence-electron chi connectivity index (χ4n) is 0.832. The Hall–Kier alpha value is -1.36. The van der Waals surface area contributed by atoms with Crippen molar-refractivity contribution in [3.8, 4) is 0 Å². The largest absolute Gasteiger partial charge is 0.388 e. The highest BCUT2D eigenvalue weighted by molar-refractivity contribution is 7.94. The number of oxime groups is 1. The summed E-state index contributed by atoms with van der Waals surface area (Å²) in [5.74, 6) is -0.0867. The van der Waals surface area contributed by atoms with Crippen molar-refractivity contribution in [2.24, 2.45) is 5.16 Å². The molecule has 0 atom stereocenters. The number of halogens is 1. The van der Waals surface area contributed by atoms with Crippen LogP contribution in [-0.4, -0.2) is 18.6 Å². The summed E-state index contributed by atoms with van der Waals surface area (Å²) in [4.78, 5) is 15.7. The second-order valence-electron chi connectivity index (χ2n) is 2.86. The maximum atomic E-state index is 12.1. The van der Waals surface area contributed by atoms with Gasteiger partial charge in [0.1, 0.15) is 0 Å². The second kappa shape index (κ2) is 6.19. The van der Waals surface area contributed by atoms with Crippen LogP contribution in [0.1, 0.15) is 12.5 Å². The normalized spacial score (nSPS) is 10.5. The van der Waals surface area contributed by atoms with E-state index >= 15 is 0 Å². The van der Waals surface area contributed by atoms with E-state index in [1.54, 1.807) is 24.3 Å². The van der Waals surface area contributed by atoms with Crippen LogP contribution < -0.4 is 0 Å². The molecule has 0 aliphatic heterocycles. The van der Waals surface area contributed by atoms with Crippen LogP contribution in [0.4, 0.5) is 3.89 Å². The van der Waals surface area contributed by atoms with Crippen LogP contribution in [0, 0.1) is 0 Å². The van der Waals surface area contributed by atoms with Crippen LogP contribution in [0.2, 0.25) is 0 Å². The number of nitrogens with zero attached hydrogens (tertiary/aromatic N) is 1. The highest BCUT2D eigenvalue weighted by atomic mass is 32.2. The Kier molecular flexibility index (Phi) is 4.83. The maximum Gasteiger partial charge on any atom is 0.174 e. The number of hydrogen-bond donors (Lipinski definition) is 0. The zero-order valence-electron chi connectivity index (χ0n) is 8.14. The van der Waals surface area contributed by atoms with Crippen molar-refractivity contribution in [3.63, 3.8) is 0 Å². The number of carbonyl (C=O) groups excluding carboxylic acids is 1. The van der Waals surface area contributed by atoms with Crippen molar-refractivity contribution in [2.75, 3.05) is 6.61 Å². The van der Waals surface area contributed by atoms with Gasteiger partial charge in [-0.1, -0.05) is 17.3 Å². The summed E-state index contributed by atoms with van der Waals surface area (Å²) in [6, 6.07) is 6.69. The predicted octanol–water partition coefficient (Wildman–Crippen LogP) is 2.60. The molecule has 0 amide bonds. The minimum absolute atomic E-state index is 0.0328. The highest BCUT2D eigenvalue weighted by Crippen LogP contribution is 2.18. The topological polar surface area (TPSA) is 38.7 Å². The van der Waals surface area contributed by atoms with Gasteiger partial charge in [0.25, 0.3) is 0 Å². The summed E-state index contributed by atoms with van der Waals surface area (Å²) >= 11 is 0.189. The minimum atomic E-state index is -0.0867. The molecule has 1 aromatic rings. The first kappa shape index (κ1) is 11.7. The van der Waals surface area contributed by atoms with E-state index < -0.39 is 0 Å². The molecule has 0 saturated carbocycles. The van der Waals surface area contributed by atoms with E-state index in [1.165, 1.54) is 13.1 Å². The molecule has 0 fully saturated rings. The third-order valence-electron chi connectivity index (χ3n) is 1.51. The maximum absolute atomic E-state index is 12.1. The van der Waals surface area contributed by atoms with Crippen molar-refractivity contribution >= 4 is 24.1 Å². The standard InChI is InChI=1S/C10H10FNO2S/c1-8(13)7-14-12-6-9-2-4-10(15-11)5-3-9/h2-6H,7H2,1H3/b12-6+. The van der Waals surface area contributed by atoms with Crippen molar-refractivity contribution in [1.82, 2.24) is 0 Å². The molecule has 0 aliphatic rings. The molecule has 0 saturated heterocycles. The van der Waals surface area contributed by atoms with Gasteiger partial charge in [-0.15, -0.1) is 0 Å². The fraction of sp³-hybridized carbons (Fsp3) is 0.200.